The summed E-state index contributed by atoms with van der Waals surface area (Å²) in [5, 5.41) is 5.67. The average molecular weight is 219 g/mol. The highest BCUT2D eigenvalue weighted by molar-refractivity contribution is 7.10. The van der Waals surface area contributed by atoms with Crippen LogP contribution >= 0.6 is 11.3 Å². The van der Waals surface area contributed by atoms with Crippen LogP contribution in [-0.2, 0) is 6.42 Å². The molecule has 4 heteroatoms. The molecule has 15 heavy (non-hydrogen) atoms. The van der Waals surface area contributed by atoms with Crippen molar-refractivity contribution in [1.82, 2.24) is 15.3 Å². The van der Waals surface area contributed by atoms with Gasteiger partial charge in [0.2, 0.25) is 0 Å². The molecule has 3 nitrogen and oxygen atoms in total. The van der Waals surface area contributed by atoms with Crippen LogP contribution in [0.4, 0.5) is 0 Å². The Labute approximate surface area is 92.6 Å². The van der Waals surface area contributed by atoms with Gasteiger partial charge in [-0.1, -0.05) is 0 Å². The number of nitrogens with one attached hydrogen (secondary N) is 2. The van der Waals surface area contributed by atoms with E-state index in [2.05, 4.69) is 33.7 Å². The molecule has 2 N–H and O–H groups in total. The van der Waals surface area contributed by atoms with E-state index in [1.54, 1.807) is 17.7 Å². The van der Waals surface area contributed by atoms with Gasteiger partial charge in [-0.2, -0.15) is 0 Å². The maximum absolute atomic E-state index is 4.42. The van der Waals surface area contributed by atoms with Gasteiger partial charge >= 0.3 is 0 Å². The molecule has 0 aromatic carbocycles. The Morgan fingerprint density at radius 1 is 1.53 bits per heavy atom. The Bertz CT molecular complexity index is 472. The lowest BCUT2D eigenvalue weighted by atomic mass is 9.99. The SMILES string of the molecule is Cc1sccc1C1NCCc2[nH]cnc21. The fraction of sp³-hybridized carbons (Fsp3) is 0.364. The number of hydrogen-bond donors (Lipinski definition) is 2. The number of hydrogen-bond acceptors (Lipinski definition) is 3. The van der Waals surface area contributed by atoms with Crippen LogP contribution in [0.25, 0.3) is 0 Å². The van der Waals surface area contributed by atoms with Gasteiger partial charge < -0.3 is 10.3 Å². The standard InChI is InChI=1S/C11H13N3S/c1-7-8(3-5-15-7)10-11-9(2-4-12-10)13-6-14-11/h3,5-6,10,12H,2,4H2,1H3,(H,13,14). The van der Waals surface area contributed by atoms with E-state index in [1.807, 2.05) is 0 Å². The van der Waals surface area contributed by atoms with E-state index in [9.17, 15) is 0 Å². The molecule has 0 bridgehead atoms. The summed E-state index contributed by atoms with van der Waals surface area (Å²) < 4.78 is 0. The number of rotatable bonds is 1. The molecule has 1 atom stereocenters. The molecule has 0 aliphatic carbocycles. The van der Waals surface area contributed by atoms with Gasteiger partial charge in [-0.05, 0) is 23.9 Å². The van der Waals surface area contributed by atoms with Crippen LogP contribution in [-0.4, -0.2) is 16.5 Å². The number of aryl methyl sites for hydroxylation is 1. The smallest absolute Gasteiger partial charge is 0.0926 e. The van der Waals surface area contributed by atoms with Gasteiger partial charge in [0.1, 0.15) is 0 Å². The first kappa shape index (κ1) is 9.12. The molecule has 1 aliphatic heterocycles. The molecular weight excluding hydrogens is 206 g/mol. The minimum absolute atomic E-state index is 0.284. The Hall–Kier alpha value is -1.13. The highest BCUT2D eigenvalue weighted by Crippen LogP contribution is 2.30. The first-order valence-corrected chi connectivity index (χ1v) is 6.04. The second-order valence-electron chi connectivity index (χ2n) is 3.84. The third-order valence-electron chi connectivity index (χ3n) is 2.96. The molecule has 0 spiro atoms. The van der Waals surface area contributed by atoms with Crippen molar-refractivity contribution in [3.8, 4) is 0 Å². The maximum atomic E-state index is 4.42. The molecule has 2 aromatic rings. The zero-order valence-corrected chi connectivity index (χ0v) is 9.40. The van der Waals surface area contributed by atoms with Crippen molar-refractivity contribution in [1.29, 1.82) is 0 Å². The molecule has 2 aromatic heterocycles. The highest BCUT2D eigenvalue weighted by Gasteiger charge is 2.24. The molecule has 0 fully saturated rings. The van der Waals surface area contributed by atoms with Gasteiger partial charge in [-0.3, -0.25) is 0 Å². The molecule has 0 saturated carbocycles. The van der Waals surface area contributed by atoms with E-state index in [4.69, 9.17) is 0 Å². The average Bonchev–Trinajstić information content (AvgIpc) is 2.85. The highest BCUT2D eigenvalue weighted by atomic mass is 32.1. The van der Waals surface area contributed by atoms with E-state index >= 15 is 0 Å². The van der Waals surface area contributed by atoms with Crippen molar-refractivity contribution in [2.45, 2.75) is 19.4 Å². The quantitative estimate of drug-likeness (QED) is 0.770. The molecule has 1 aliphatic rings. The normalized spacial score (nSPS) is 20.2. The first-order chi connectivity index (χ1) is 7.36. The number of aromatic amines is 1. The second-order valence-corrected chi connectivity index (χ2v) is 4.96. The van der Waals surface area contributed by atoms with E-state index in [0.29, 0.717) is 0 Å². The zero-order valence-electron chi connectivity index (χ0n) is 8.58. The molecular formula is C11H13N3S. The Kier molecular flexibility index (Phi) is 2.11. The summed E-state index contributed by atoms with van der Waals surface area (Å²) in [4.78, 5) is 9.02. The van der Waals surface area contributed by atoms with Crippen LogP contribution in [0.2, 0.25) is 0 Å². The van der Waals surface area contributed by atoms with Gasteiger partial charge in [0, 0.05) is 23.5 Å². The largest absolute Gasteiger partial charge is 0.348 e. The van der Waals surface area contributed by atoms with Crippen molar-refractivity contribution in [3.05, 3.63) is 39.6 Å². The number of aromatic nitrogens is 2. The number of imidazole rings is 1. The topological polar surface area (TPSA) is 40.7 Å². The van der Waals surface area contributed by atoms with Gasteiger partial charge in [-0.15, -0.1) is 11.3 Å². The lowest BCUT2D eigenvalue weighted by Crippen LogP contribution is -2.30. The predicted octanol–water partition coefficient (Wildman–Crippen LogP) is 2.01. The lowest BCUT2D eigenvalue weighted by Gasteiger charge is -2.23. The van der Waals surface area contributed by atoms with Crippen LogP contribution in [0, 0.1) is 6.92 Å². The molecule has 0 amide bonds. The van der Waals surface area contributed by atoms with E-state index in [1.165, 1.54) is 21.8 Å². The van der Waals surface area contributed by atoms with Crippen LogP contribution < -0.4 is 5.32 Å². The van der Waals surface area contributed by atoms with Crippen molar-refractivity contribution in [2.24, 2.45) is 0 Å². The number of nitrogens with zero attached hydrogens (tertiary/aromatic N) is 1. The minimum atomic E-state index is 0.284. The van der Waals surface area contributed by atoms with Gasteiger partial charge in [0.15, 0.2) is 0 Å². The monoisotopic (exact) mass is 219 g/mol. The Morgan fingerprint density at radius 3 is 3.27 bits per heavy atom. The summed E-state index contributed by atoms with van der Waals surface area (Å²) in [7, 11) is 0. The predicted molar refractivity (Wildman–Crippen MR) is 61.2 cm³/mol. The summed E-state index contributed by atoms with van der Waals surface area (Å²) in [5.74, 6) is 0. The van der Waals surface area contributed by atoms with Crippen LogP contribution in [0.1, 0.15) is 27.9 Å². The molecule has 3 heterocycles. The van der Waals surface area contributed by atoms with Crippen molar-refractivity contribution < 1.29 is 0 Å². The molecule has 3 rings (SSSR count). The fourth-order valence-corrected chi connectivity index (χ4v) is 2.91. The zero-order chi connectivity index (χ0) is 10.3. The summed E-state index contributed by atoms with van der Waals surface area (Å²) >= 11 is 1.80. The lowest BCUT2D eigenvalue weighted by molar-refractivity contribution is 0.553. The summed E-state index contributed by atoms with van der Waals surface area (Å²) in [6.07, 6.45) is 2.85. The van der Waals surface area contributed by atoms with Gasteiger partial charge in [-0.25, -0.2) is 4.98 Å². The first-order valence-electron chi connectivity index (χ1n) is 5.16. The molecule has 78 valence electrons. The Balaban J connectivity index is 2.07. The van der Waals surface area contributed by atoms with Crippen molar-refractivity contribution in [3.63, 3.8) is 0 Å². The number of fused-ring (bicyclic) bond motifs is 1. The summed E-state index contributed by atoms with van der Waals surface area (Å²) in [6, 6.07) is 2.48. The van der Waals surface area contributed by atoms with Gasteiger partial charge in [0.05, 0.1) is 18.1 Å². The third-order valence-corrected chi connectivity index (χ3v) is 3.82. The molecule has 0 saturated heterocycles. The van der Waals surface area contributed by atoms with E-state index in [-0.39, 0.29) is 6.04 Å². The van der Waals surface area contributed by atoms with E-state index in [0.717, 1.165) is 13.0 Å². The summed E-state index contributed by atoms with van der Waals surface area (Å²) in [5.41, 5.74) is 3.82. The Morgan fingerprint density at radius 2 is 2.47 bits per heavy atom. The second kappa shape index (κ2) is 3.47. The fourth-order valence-electron chi connectivity index (χ4n) is 2.17. The van der Waals surface area contributed by atoms with Crippen LogP contribution in [0.5, 0.6) is 0 Å². The van der Waals surface area contributed by atoms with Crippen LogP contribution in [0.3, 0.4) is 0 Å². The maximum Gasteiger partial charge on any atom is 0.0926 e. The third kappa shape index (κ3) is 1.41. The molecule has 1 unspecified atom stereocenters. The van der Waals surface area contributed by atoms with Crippen molar-refractivity contribution >= 4 is 11.3 Å². The molecule has 0 radical (unpaired) electrons. The van der Waals surface area contributed by atoms with Gasteiger partial charge in [0.25, 0.3) is 0 Å². The van der Waals surface area contributed by atoms with E-state index < -0.39 is 0 Å². The summed E-state index contributed by atoms with van der Waals surface area (Å²) in [6.45, 7) is 3.19. The minimum Gasteiger partial charge on any atom is -0.348 e. The van der Waals surface area contributed by atoms with Crippen LogP contribution in [0.15, 0.2) is 17.8 Å². The number of H-pyrrole nitrogens is 1. The van der Waals surface area contributed by atoms with Crippen molar-refractivity contribution in [2.75, 3.05) is 6.54 Å². The number of thiophene rings is 1.